The Morgan fingerprint density at radius 1 is 1.00 bits per heavy atom. The molecule has 2 aliphatic heterocycles. The normalized spacial score (nSPS) is 19.3. The summed E-state index contributed by atoms with van der Waals surface area (Å²) in [5.74, 6) is -0.869. The first-order chi connectivity index (χ1) is 17.7. The number of benzene rings is 3. The molecule has 1 unspecified atom stereocenters. The van der Waals surface area contributed by atoms with Crippen LogP contribution in [-0.4, -0.2) is 35.7 Å². The zero-order chi connectivity index (χ0) is 26.2. The number of halogens is 2. The minimum absolute atomic E-state index is 0.126. The van der Waals surface area contributed by atoms with Gasteiger partial charge < -0.3 is 21.3 Å². The van der Waals surface area contributed by atoms with Crippen molar-refractivity contribution in [1.82, 2.24) is 4.90 Å². The second kappa shape index (κ2) is 10.1. The van der Waals surface area contributed by atoms with Gasteiger partial charge >= 0.3 is 0 Å². The monoisotopic (exact) mass is 536 g/mol. The van der Waals surface area contributed by atoms with Gasteiger partial charge in [-0.05, 0) is 60.9 Å². The molecule has 3 aromatic rings. The third-order valence-corrected chi connectivity index (χ3v) is 7.56. The van der Waals surface area contributed by atoms with Crippen molar-refractivity contribution in [3.63, 3.8) is 0 Å². The molecule has 0 radical (unpaired) electrons. The number of fused-ring (bicyclic) bond motifs is 1. The van der Waals surface area contributed by atoms with Crippen LogP contribution in [0.3, 0.4) is 0 Å². The summed E-state index contributed by atoms with van der Waals surface area (Å²) in [6.45, 7) is 0.943. The van der Waals surface area contributed by atoms with E-state index >= 15 is 0 Å². The van der Waals surface area contributed by atoms with Gasteiger partial charge in [0.15, 0.2) is 0 Å². The molecule has 3 aromatic carbocycles. The number of nitrogens with two attached hydrogens (primary N) is 1. The van der Waals surface area contributed by atoms with E-state index in [-0.39, 0.29) is 23.6 Å². The second-order valence-corrected chi connectivity index (χ2v) is 10.4. The minimum atomic E-state index is -1.15. The first-order valence-electron chi connectivity index (χ1n) is 12.1. The van der Waals surface area contributed by atoms with Crippen LogP contribution in [0.4, 0.5) is 11.4 Å². The van der Waals surface area contributed by atoms with Gasteiger partial charge in [-0.1, -0.05) is 47.5 Å². The topological polar surface area (TPSA) is 105 Å². The number of nitrogens with one attached hydrogen (secondary N) is 2. The predicted molar refractivity (Wildman–Crippen MR) is 145 cm³/mol. The molecular weight excluding hydrogens is 511 g/mol. The van der Waals surface area contributed by atoms with Crippen LogP contribution in [0, 0.1) is 5.92 Å². The van der Waals surface area contributed by atoms with E-state index in [1.807, 2.05) is 30.3 Å². The summed E-state index contributed by atoms with van der Waals surface area (Å²) in [6.07, 6.45) is 1.44. The van der Waals surface area contributed by atoms with E-state index in [9.17, 15) is 14.4 Å². The third-order valence-electron chi connectivity index (χ3n) is 7.09. The van der Waals surface area contributed by atoms with Crippen molar-refractivity contribution >= 4 is 52.3 Å². The summed E-state index contributed by atoms with van der Waals surface area (Å²) >= 11 is 12.4. The Hall–Kier alpha value is -3.55. The molecule has 3 amide bonds. The van der Waals surface area contributed by atoms with Gasteiger partial charge in [0.05, 0.1) is 0 Å². The molecule has 1 atom stereocenters. The molecule has 0 spiro atoms. The van der Waals surface area contributed by atoms with Gasteiger partial charge in [0.25, 0.3) is 11.8 Å². The zero-order valence-electron chi connectivity index (χ0n) is 20.0. The number of rotatable bonds is 6. The number of hydrogen-bond donors (Lipinski definition) is 3. The van der Waals surface area contributed by atoms with Gasteiger partial charge in [0.2, 0.25) is 5.91 Å². The van der Waals surface area contributed by atoms with E-state index in [0.717, 1.165) is 11.1 Å². The van der Waals surface area contributed by atoms with Crippen LogP contribution < -0.4 is 16.4 Å². The molecule has 9 heteroatoms. The Bertz CT molecular complexity index is 1390. The Morgan fingerprint density at radius 2 is 1.73 bits per heavy atom. The molecule has 0 bridgehead atoms. The lowest BCUT2D eigenvalue weighted by Crippen LogP contribution is -2.44. The number of carbonyl (C=O) groups is 3. The summed E-state index contributed by atoms with van der Waals surface area (Å²) in [4.78, 5) is 40.0. The first-order valence-corrected chi connectivity index (χ1v) is 12.8. The average Bonchev–Trinajstić information content (AvgIpc) is 3.13. The molecule has 1 saturated heterocycles. The van der Waals surface area contributed by atoms with Gasteiger partial charge in [-0.15, -0.1) is 0 Å². The van der Waals surface area contributed by atoms with Crippen molar-refractivity contribution in [1.29, 1.82) is 0 Å². The number of nitrogens with zero attached hydrogens (tertiary/aromatic N) is 1. The van der Waals surface area contributed by atoms with Gasteiger partial charge in [-0.2, -0.15) is 0 Å². The lowest BCUT2D eigenvalue weighted by Gasteiger charge is -2.32. The molecule has 37 heavy (non-hydrogen) atoms. The summed E-state index contributed by atoms with van der Waals surface area (Å²) < 4.78 is 0. The summed E-state index contributed by atoms with van der Waals surface area (Å²) in [5.41, 5.74) is 7.67. The maximum absolute atomic E-state index is 13.5. The molecule has 7 nitrogen and oxygen atoms in total. The molecule has 2 aliphatic rings. The maximum Gasteiger partial charge on any atom is 0.255 e. The van der Waals surface area contributed by atoms with E-state index < -0.39 is 5.54 Å². The SMILES string of the molecule is NC(=O)C1CCN(C(=O)c2cccc(NC3(Cc4cccc(Cl)c4)C(=O)Nc4cc(Cl)ccc43)c2)CC1. The van der Waals surface area contributed by atoms with Crippen molar-refractivity contribution in [2.24, 2.45) is 11.7 Å². The Labute approximate surface area is 224 Å². The van der Waals surface area contributed by atoms with E-state index in [1.54, 1.807) is 41.3 Å². The van der Waals surface area contributed by atoms with Crippen molar-refractivity contribution in [3.05, 3.63) is 93.5 Å². The number of hydrogen-bond acceptors (Lipinski definition) is 4. The molecule has 0 aromatic heterocycles. The largest absolute Gasteiger partial charge is 0.369 e. The van der Waals surface area contributed by atoms with Crippen molar-refractivity contribution in [3.8, 4) is 0 Å². The number of likely N-dealkylation sites (tertiary alicyclic amines) is 1. The average molecular weight is 537 g/mol. The van der Waals surface area contributed by atoms with Crippen LogP contribution in [0.25, 0.3) is 0 Å². The number of piperidine rings is 1. The summed E-state index contributed by atoms with van der Waals surface area (Å²) in [6, 6.07) is 19.8. The molecule has 2 heterocycles. The van der Waals surface area contributed by atoms with Gasteiger partial charge in [-0.3, -0.25) is 14.4 Å². The highest BCUT2D eigenvalue weighted by atomic mass is 35.5. The zero-order valence-corrected chi connectivity index (χ0v) is 21.5. The molecular formula is C28H26Cl2N4O3. The minimum Gasteiger partial charge on any atom is -0.369 e. The van der Waals surface area contributed by atoms with Crippen LogP contribution in [-0.2, 0) is 21.5 Å². The molecule has 4 N–H and O–H groups in total. The molecule has 1 fully saturated rings. The lowest BCUT2D eigenvalue weighted by atomic mass is 9.84. The highest BCUT2D eigenvalue weighted by molar-refractivity contribution is 6.31. The van der Waals surface area contributed by atoms with Crippen LogP contribution in [0.15, 0.2) is 66.7 Å². The smallest absolute Gasteiger partial charge is 0.255 e. The highest BCUT2D eigenvalue weighted by Crippen LogP contribution is 2.42. The first kappa shape index (κ1) is 25.1. The third kappa shape index (κ3) is 5.02. The van der Waals surface area contributed by atoms with Gasteiger partial charge in [0.1, 0.15) is 5.54 Å². The number of carbonyl (C=O) groups excluding carboxylic acids is 3. The van der Waals surface area contributed by atoms with Crippen molar-refractivity contribution < 1.29 is 14.4 Å². The Kier molecular flexibility index (Phi) is 6.84. The fourth-order valence-electron chi connectivity index (χ4n) is 5.17. The second-order valence-electron chi connectivity index (χ2n) is 9.53. The number of primary amides is 1. The molecule has 0 saturated carbocycles. The predicted octanol–water partition coefficient (Wildman–Crippen LogP) is 4.83. The quantitative estimate of drug-likeness (QED) is 0.419. The Balaban J connectivity index is 1.46. The number of anilines is 2. The summed E-state index contributed by atoms with van der Waals surface area (Å²) in [7, 11) is 0. The summed E-state index contributed by atoms with van der Waals surface area (Å²) in [5, 5.41) is 7.49. The van der Waals surface area contributed by atoms with Crippen LogP contribution >= 0.6 is 23.2 Å². The lowest BCUT2D eigenvalue weighted by molar-refractivity contribution is -0.123. The van der Waals surface area contributed by atoms with Crippen molar-refractivity contribution in [2.75, 3.05) is 23.7 Å². The molecule has 190 valence electrons. The molecule has 5 rings (SSSR count). The van der Waals surface area contributed by atoms with E-state index in [1.165, 1.54) is 0 Å². The van der Waals surface area contributed by atoms with Gasteiger partial charge in [0, 0.05) is 58.0 Å². The van der Waals surface area contributed by atoms with E-state index in [2.05, 4.69) is 10.6 Å². The fraction of sp³-hybridized carbons (Fsp3) is 0.250. The standard InChI is InChI=1S/C28H26Cl2N4O3/c29-20-5-1-3-17(13-20)16-28(23-8-7-21(30)15-24(23)32-27(28)37)33-22-6-2-4-19(14-22)26(36)34-11-9-18(10-12-34)25(31)35/h1-8,13-15,18,33H,9-12,16H2,(H2,31,35)(H,32,37). The maximum atomic E-state index is 13.5. The molecule has 0 aliphatic carbocycles. The van der Waals surface area contributed by atoms with Crippen molar-refractivity contribution in [2.45, 2.75) is 24.8 Å². The van der Waals surface area contributed by atoms with Gasteiger partial charge in [-0.25, -0.2) is 0 Å². The van der Waals surface area contributed by atoms with Crippen LogP contribution in [0.2, 0.25) is 10.0 Å². The highest BCUT2D eigenvalue weighted by Gasteiger charge is 2.47. The van der Waals surface area contributed by atoms with Crippen LogP contribution in [0.5, 0.6) is 0 Å². The number of amides is 3. The fourth-order valence-corrected chi connectivity index (χ4v) is 5.55. The van der Waals surface area contributed by atoms with Crippen LogP contribution in [0.1, 0.15) is 34.3 Å². The Morgan fingerprint density at radius 3 is 2.46 bits per heavy atom. The van der Waals surface area contributed by atoms with E-state index in [0.29, 0.717) is 59.3 Å². The van der Waals surface area contributed by atoms with E-state index in [4.69, 9.17) is 28.9 Å².